The zero-order valence-corrected chi connectivity index (χ0v) is 3.18. The predicted octanol–water partition coefficient (Wildman–Crippen LogP) is 0.588. The predicted molar refractivity (Wildman–Crippen MR) is 25.4 cm³/mol. The molecule has 0 spiro atoms. The van der Waals surface area contributed by atoms with E-state index in [-0.39, 0.29) is 0 Å². The molecule has 0 fully saturated rings. The number of terminal acetylenes is 1. The zero-order chi connectivity index (χ0) is 4.41. The zero-order valence-electron chi connectivity index (χ0n) is 3.18. The number of aliphatic imine (C=N–C) groups is 1. The Morgan fingerprint density at radius 2 is 2.50 bits per heavy atom. The topological polar surface area (TPSA) is 12.4 Å². The first-order valence-corrected chi connectivity index (χ1v) is 1.64. The third-order valence-corrected chi connectivity index (χ3v) is 0.594. The molecule has 0 saturated heterocycles. The number of allylic oxidation sites excluding steroid dienone is 2. The fraction of sp³-hybridized carbons (Fsp3) is 0. The number of hydrogen-bond donors (Lipinski definition) is 0. The third kappa shape index (κ3) is 0.237. The molecule has 0 aromatic rings. The average Bonchev–Trinajstić information content (AvgIpc) is 1.31. The smallest absolute Gasteiger partial charge is 0.114 e. The molecule has 0 radical (unpaired) electrons. The van der Waals surface area contributed by atoms with Crippen molar-refractivity contribution in [2.75, 3.05) is 0 Å². The van der Waals surface area contributed by atoms with E-state index in [0.29, 0.717) is 0 Å². The van der Waals surface area contributed by atoms with E-state index in [1.807, 2.05) is 0 Å². The lowest BCUT2D eigenvalue weighted by atomic mass is 10.3. The molecule has 0 aliphatic carbocycles. The monoisotopic (exact) mass is 77.0 g/mol. The van der Waals surface area contributed by atoms with Crippen LogP contribution in [0.4, 0.5) is 0 Å². The van der Waals surface area contributed by atoms with Crippen molar-refractivity contribution in [3.63, 3.8) is 0 Å². The maximum atomic E-state index is 4.90. The van der Waals surface area contributed by atoms with Gasteiger partial charge in [0.15, 0.2) is 0 Å². The third-order valence-electron chi connectivity index (χ3n) is 0.594. The van der Waals surface area contributed by atoms with Crippen LogP contribution in [-0.4, -0.2) is 6.21 Å². The SMILES string of the molecule is C#CC1=CC=N1. The fourth-order valence-electron chi connectivity index (χ4n) is 0.234. The first-order chi connectivity index (χ1) is 2.93. The molecule has 6 heavy (non-hydrogen) atoms. The molecule has 0 amide bonds. The molecule has 1 nitrogen and oxygen atoms in total. The van der Waals surface area contributed by atoms with Gasteiger partial charge in [0.2, 0.25) is 0 Å². The molecule has 1 aliphatic rings. The van der Waals surface area contributed by atoms with Crippen LogP contribution < -0.4 is 0 Å². The molecule has 1 heteroatoms. The van der Waals surface area contributed by atoms with Gasteiger partial charge in [0.25, 0.3) is 0 Å². The summed E-state index contributed by atoms with van der Waals surface area (Å²) in [5, 5.41) is 0. The van der Waals surface area contributed by atoms with Gasteiger partial charge in [-0.25, -0.2) is 4.99 Å². The van der Waals surface area contributed by atoms with Gasteiger partial charge in [-0.1, -0.05) is 5.92 Å². The van der Waals surface area contributed by atoms with Crippen LogP contribution in [0.1, 0.15) is 0 Å². The van der Waals surface area contributed by atoms with Crippen LogP contribution in [0.25, 0.3) is 0 Å². The second-order valence-electron chi connectivity index (χ2n) is 0.974. The molecule has 1 rings (SSSR count). The summed E-state index contributed by atoms with van der Waals surface area (Å²) in [6, 6.07) is 0. The molecule has 0 aromatic heterocycles. The molecule has 1 heterocycles. The van der Waals surface area contributed by atoms with Gasteiger partial charge in [0.1, 0.15) is 5.70 Å². The van der Waals surface area contributed by atoms with Gasteiger partial charge in [0, 0.05) is 6.21 Å². The van der Waals surface area contributed by atoms with Crippen molar-refractivity contribution < 1.29 is 0 Å². The summed E-state index contributed by atoms with van der Waals surface area (Å²) in [6.45, 7) is 0. The van der Waals surface area contributed by atoms with E-state index in [1.54, 1.807) is 12.3 Å². The largest absolute Gasteiger partial charge is 0.248 e. The highest BCUT2D eigenvalue weighted by Crippen LogP contribution is 1.98. The lowest BCUT2D eigenvalue weighted by Crippen LogP contribution is -1.83. The van der Waals surface area contributed by atoms with Crippen LogP contribution in [0, 0.1) is 12.3 Å². The van der Waals surface area contributed by atoms with E-state index in [1.165, 1.54) is 0 Å². The highest BCUT2D eigenvalue weighted by molar-refractivity contribution is 5.81. The van der Waals surface area contributed by atoms with Gasteiger partial charge in [-0.2, -0.15) is 0 Å². The normalized spacial score (nSPS) is 14.8. The van der Waals surface area contributed by atoms with Crippen LogP contribution in [-0.2, 0) is 0 Å². The van der Waals surface area contributed by atoms with Gasteiger partial charge >= 0.3 is 0 Å². The number of hydrogen-bond acceptors (Lipinski definition) is 1. The molecule has 0 bridgehead atoms. The van der Waals surface area contributed by atoms with E-state index < -0.39 is 0 Å². The summed E-state index contributed by atoms with van der Waals surface area (Å²) < 4.78 is 0. The molecular weight excluding hydrogens is 74.1 g/mol. The standard InChI is InChI=1S/C5H3N/c1-2-5-3-4-6-5/h1,3-4H. The summed E-state index contributed by atoms with van der Waals surface area (Å²) in [5.74, 6) is 2.36. The lowest BCUT2D eigenvalue weighted by Gasteiger charge is -1.91. The Morgan fingerprint density at radius 1 is 1.83 bits per heavy atom. The highest BCUT2D eigenvalue weighted by atomic mass is 14.8. The summed E-state index contributed by atoms with van der Waals surface area (Å²) in [4.78, 5) is 3.69. The van der Waals surface area contributed by atoms with Gasteiger partial charge in [0.05, 0.1) is 0 Å². The first-order valence-electron chi connectivity index (χ1n) is 1.64. The van der Waals surface area contributed by atoms with E-state index in [0.717, 1.165) is 5.70 Å². The van der Waals surface area contributed by atoms with Crippen LogP contribution in [0.2, 0.25) is 0 Å². The van der Waals surface area contributed by atoms with Crippen LogP contribution in [0.5, 0.6) is 0 Å². The minimum absolute atomic E-state index is 0.745. The molecular formula is C5H3N. The Bertz CT molecular complexity index is 146. The summed E-state index contributed by atoms with van der Waals surface area (Å²) in [5.41, 5.74) is 0.745. The number of nitrogens with zero attached hydrogens (tertiary/aromatic N) is 1. The summed E-state index contributed by atoms with van der Waals surface area (Å²) >= 11 is 0. The Labute approximate surface area is 36.4 Å². The maximum Gasteiger partial charge on any atom is 0.114 e. The van der Waals surface area contributed by atoms with Crippen LogP contribution in [0.15, 0.2) is 16.8 Å². The minimum atomic E-state index is 0.745. The van der Waals surface area contributed by atoms with Crippen molar-refractivity contribution in [3.8, 4) is 12.3 Å². The Hall–Kier alpha value is -1.03. The van der Waals surface area contributed by atoms with Crippen molar-refractivity contribution in [2.24, 2.45) is 4.99 Å². The highest BCUT2D eigenvalue weighted by Gasteiger charge is 1.88. The van der Waals surface area contributed by atoms with Gasteiger partial charge in [-0.05, 0) is 6.08 Å². The van der Waals surface area contributed by atoms with Gasteiger partial charge < -0.3 is 0 Å². The van der Waals surface area contributed by atoms with Crippen molar-refractivity contribution >= 4 is 6.21 Å². The maximum absolute atomic E-state index is 4.90. The van der Waals surface area contributed by atoms with Crippen molar-refractivity contribution in [3.05, 3.63) is 11.8 Å². The van der Waals surface area contributed by atoms with E-state index in [9.17, 15) is 0 Å². The first kappa shape index (κ1) is 3.17. The Balaban J connectivity index is 2.65. The minimum Gasteiger partial charge on any atom is -0.248 e. The van der Waals surface area contributed by atoms with Crippen molar-refractivity contribution in [1.29, 1.82) is 0 Å². The molecule has 0 saturated carbocycles. The average molecular weight is 77.1 g/mol. The van der Waals surface area contributed by atoms with E-state index >= 15 is 0 Å². The second kappa shape index (κ2) is 0.983. The van der Waals surface area contributed by atoms with Gasteiger partial charge in [-0.15, -0.1) is 6.42 Å². The molecule has 0 N–H and O–H groups in total. The van der Waals surface area contributed by atoms with Crippen LogP contribution in [0.3, 0.4) is 0 Å². The fourth-order valence-corrected chi connectivity index (χ4v) is 0.234. The van der Waals surface area contributed by atoms with Crippen molar-refractivity contribution in [2.45, 2.75) is 0 Å². The molecule has 0 atom stereocenters. The molecule has 0 aromatic carbocycles. The van der Waals surface area contributed by atoms with Gasteiger partial charge in [-0.3, -0.25) is 0 Å². The summed E-state index contributed by atoms with van der Waals surface area (Å²) in [6.07, 6.45) is 8.37. The second-order valence-corrected chi connectivity index (χ2v) is 0.974. The Morgan fingerprint density at radius 3 is 2.50 bits per heavy atom. The summed E-state index contributed by atoms with van der Waals surface area (Å²) in [7, 11) is 0. The molecule has 1 aliphatic heterocycles. The molecule has 0 unspecified atom stereocenters. The lowest BCUT2D eigenvalue weighted by molar-refractivity contribution is 1.43. The number of rotatable bonds is 0. The van der Waals surface area contributed by atoms with E-state index in [4.69, 9.17) is 6.42 Å². The van der Waals surface area contributed by atoms with Crippen LogP contribution >= 0.6 is 0 Å². The van der Waals surface area contributed by atoms with E-state index in [2.05, 4.69) is 10.9 Å². The quantitative estimate of drug-likeness (QED) is 0.375. The Kier molecular flexibility index (Phi) is 0.519. The van der Waals surface area contributed by atoms with Crippen molar-refractivity contribution in [1.82, 2.24) is 0 Å². The molecule has 28 valence electrons.